The smallest absolute Gasteiger partial charge is 0.239 e. The second kappa shape index (κ2) is 6.37. The lowest BCUT2D eigenvalue weighted by atomic mass is 10.0. The van der Waals surface area contributed by atoms with Crippen LogP contribution >= 0.6 is 11.6 Å². The van der Waals surface area contributed by atoms with E-state index in [1.165, 1.54) is 0 Å². The molecule has 1 aromatic carbocycles. The van der Waals surface area contributed by atoms with E-state index in [4.69, 9.17) is 22.1 Å². The summed E-state index contributed by atoms with van der Waals surface area (Å²) in [6.45, 7) is 3.34. The number of rotatable bonds is 5. The molecule has 0 radical (unpaired) electrons. The molecule has 0 aliphatic carbocycles. The molecule has 0 bridgehead atoms. The van der Waals surface area contributed by atoms with Crippen molar-refractivity contribution in [1.29, 1.82) is 0 Å². The second-order valence-electron chi connectivity index (χ2n) is 4.89. The van der Waals surface area contributed by atoms with Gasteiger partial charge in [0.05, 0.1) is 6.10 Å². The molecule has 19 heavy (non-hydrogen) atoms. The van der Waals surface area contributed by atoms with Crippen molar-refractivity contribution in [2.24, 2.45) is 5.73 Å². The fourth-order valence-corrected chi connectivity index (χ4v) is 2.41. The molecule has 1 fully saturated rings. The molecule has 1 aliphatic rings. The van der Waals surface area contributed by atoms with E-state index in [-0.39, 0.29) is 6.10 Å². The van der Waals surface area contributed by atoms with Crippen molar-refractivity contribution >= 4 is 17.5 Å². The summed E-state index contributed by atoms with van der Waals surface area (Å²) in [4.78, 5) is 11.6. The van der Waals surface area contributed by atoms with Crippen LogP contribution in [0.15, 0.2) is 18.2 Å². The highest BCUT2D eigenvalue weighted by molar-refractivity contribution is 6.31. The Morgan fingerprint density at radius 2 is 2.42 bits per heavy atom. The number of nitrogens with two attached hydrogens (primary N) is 1. The van der Waals surface area contributed by atoms with E-state index in [9.17, 15) is 4.79 Å². The van der Waals surface area contributed by atoms with Crippen molar-refractivity contribution in [3.63, 3.8) is 0 Å². The standard InChI is InChI=1S/C14H19ClN2O2/c1-9-4-5-10(7-12(9)15)13(14(16)18)17-8-11-3-2-6-19-11/h4-5,7,11,13,17H,2-3,6,8H2,1H3,(H2,16,18). The lowest BCUT2D eigenvalue weighted by Crippen LogP contribution is -2.37. The largest absolute Gasteiger partial charge is 0.377 e. The van der Waals surface area contributed by atoms with Gasteiger partial charge in [-0.2, -0.15) is 0 Å². The van der Waals surface area contributed by atoms with E-state index in [2.05, 4.69) is 5.32 Å². The van der Waals surface area contributed by atoms with Crippen LogP contribution in [0.1, 0.15) is 30.0 Å². The molecule has 0 saturated carbocycles. The Morgan fingerprint density at radius 1 is 1.63 bits per heavy atom. The van der Waals surface area contributed by atoms with Gasteiger partial charge in [0, 0.05) is 18.2 Å². The number of benzene rings is 1. The zero-order valence-electron chi connectivity index (χ0n) is 11.0. The molecule has 2 rings (SSSR count). The first-order valence-corrected chi connectivity index (χ1v) is 6.86. The van der Waals surface area contributed by atoms with Crippen LogP contribution in [-0.4, -0.2) is 25.2 Å². The van der Waals surface area contributed by atoms with Crippen molar-refractivity contribution in [2.75, 3.05) is 13.2 Å². The minimum absolute atomic E-state index is 0.169. The van der Waals surface area contributed by atoms with Crippen molar-refractivity contribution in [3.8, 4) is 0 Å². The fraction of sp³-hybridized carbons (Fsp3) is 0.500. The number of hydrogen-bond donors (Lipinski definition) is 2. The Kier molecular flexibility index (Phi) is 4.80. The zero-order valence-corrected chi connectivity index (χ0v) is 11.7. The number of aryl methyl sites for hydroxylation is 1. The minimum Gasteiger partial charge on any atom is -0.377 e. The predicted molar refractivity (Wildman–Crippen MR) is 75.1 cm³/mol. The third-order valence-corrected chi connectivity index (χ3v) is 3.79. The van der Waals surface area contributed by atoms with E-state index in [0.717, 1.165) is 30.6 Å². The van der Waals surface area contributed by atoms with Crippen molar-refractivity contribution in [3.05, 3.63) is 34.3 Å². The first kappa shape index (κ1) is 14.3. The van der Waals surface area contributed by atoms with Crippen molar-refractivity contribution < 1.29 is 9.53 Å². The summed E-state index contributed by atoms with van der Waals surface area (Å²) in [7, 11) is 0. The maximum atomic E-state index is 11.6. The number of halogens is 1. The van der Waals surface area contributed by atoms with Gasteiger partial charge in [-0.1, -0.05) is 23.7 Å². The molecular weight excluding hydrogens is 264 g/mol. The maximum absolute atomic E-state index is 11.6. The van der Waals surface area contributed by atoms with Gasteiger partial charge in [-0.15, -0.1) is 0 Å². The predicted octanol–water partition coefficient (Wildman–Crippen LogP) is 1.94. The molecule has 3 N–H and O–H groups in total. The molecule has 4 nitrogen and oxygen atoms in total. The van der Waals surface area contributed by atoms with Crippen LogP contribution in [0.25, 0.3) is 0 Å². The Labute approximate surface area is 118 Å². The normalized spacial score (nSPS) is 20.4. The summed E-state index contributed by atoms with van der Waals surface area (Å²) in [5.41, 5.74) is 7.23. The molecule has 104 valence electrons. The summed E-state index contributed by atoms with van der Waals surface area (Å²) in [5.74, 6) is -0.405. The van der Waals surface area contributed by atoms with Crippen LogP contribution in [0.4, 0.5) is 0 Å². The SMILES string of the molecule is Cc1ccc(C(NCC2CCCO2)C(N)=O)cc1Cl. The van der Waals surface area contributed by atoms with E-state index in [0.29, 0.717) is 11.6 Å². The van der Waals surface area contributed by atoms with Gasteiger partial charge in [0.2, 0.25) is 5.91 Å². The van der Waals surface area contributed by atoms with E-state index >= 15 is 0 Å². The lowest BCUT2D eigenvalue weighted by Gasteiger charge is -2.19. The first-order chi connectivity index (χ1) is 9.08. The Morgan fingerprint density at radius 3 is 3.00 bits per heavy atom. The van der Waals surface area contributed by atoms with Crippen LogP contribution in [0, 0.1) is 6.92 Å². The number of hydrogen-bond acceptors (Lipinski definition) is 3. The first-order valence-electron chi connectivity index (χ1n) is 6.48. The summed E-state index contributed by atoms with van der Waals surface area (Å²) >= 11 is 6.09. The zero-order chi connectivity index (χ0) is 13.8. The summed E-state index contributed by atoms with van der Waals surface area (Å²) in [6.07, 6.45) is 2.26. The number of nitrogens with one attached hydrogen (secondary N) is 1. The van der Waals surface area contributed by atoms with Crippen LogP contribution < -0.4 is 11.1 Å². The van der Waals surface area contributed by atoms with Gasteiger partial charge in [-0.3, -0.25) is 10.1 Å². The fourth-order valence-electron chi connectivity index (χ4n) is 2.23. The second-order valence-corrected chi connectivity index (χ2v) is 5.29. The van der Waals surface area contributed by atoms with Crippen LogP contribution in [0.3, 0.4) is 0 Å². The Hall–Kier alpha value is -1.10. The molecule has 0 spiro atoms. The molecule has 5 heteroatoms. The van der Waals surface area contributed by atoms with Gasteiger partial charge in [-0.25, -0.2) is 0 Å². The van der Waals surface area contributed by atoms with E-state index in [1.54, 1.807) is 6.07 Å². The Bertz CT molecular complexity index is 459. The highest BCUT2D eigenvalue weighted by Crippen LogP contribution is 2.22. The number of primary amides is 1. The number of amides is 1. The third kappa shape index (κ3) is 3.69. The highest BCUT2D eigenvalue weighted by atomic mass is 35.5. The van der Waals surface area contributed by atoms with E-state index < -0.39 is 11.9 Å². The maximum Gasteiger partial charge on any atom is 0.239 e. The van der Waals surface area contributed by atoms with Gasteiger partial charge in [0.1, 0.15) is 6.04 Å². The van der Waals surface area contributed by atoms with Crippen molar-refractivity contribution in [1.82, 2.24) is 5.32 Å². The summed E-state index contributed by atoms with van der Waals surface area (Å²) in [6, 6.07) is 5.03. The molecule has 1 aliphatic heterocycles. The lowest BCUT2D eigenvalue weighted by molar-refractivity contribution is -0.120. The van der Waals surface area contributed by atoms with Crippen molar-refractivity contribution in [2.45, 2.75) is 31.9 Å². The van der Waals surface area contributed by atoms with Gasteiger partial charge in [-0.05, 0) is 37.0 Å². The summed E-state index contributed by atoms with van der Waals surface area (Å²) in [5, 5.41) is 3.81. The molecule has 1 saturated heterocycles. The number of ether oxygens (including phenoxy) is 1. The van der Waals surface area contributed by atoms with Crippen LogP contribution in [0.2, 0.25) is 5.02 Å². The minimum atomic E-state index is -0.526. The van der Waals surface area contributed by atoms with Gasteiger partial charge < -0.3 is 10.5 Å². The van der Waals surface area contributed by atoms with Gasteiger partial charge in [0.25, 0.3) is 0 Å². The van der Waals surface area contributed by atoms with Gasteiger partial charge >= 0.3 is 0 Å². The monoisotopic (exact) mass is 282 g/mol. The quantitative estimate of drug-likeness (QED) is 0.867. The van der Waals surface area contributed by atoms with Crippen LogP contribution in [0.5, 0.6) is 0 Å². The molecule has 1 aromatic rings. The van der Waals surface area contributed by atoms with Crippen LogP contribution in [-0.2, 0) is 9.53 Å². The molecular formula is C14H19ClN2O2. The Balaban J connectivity index is 2.05. The molecule has 2 atom stereocenters. The summed E-state index contributed by atoms with van der Waals surface area (Å²) < 4.78 is 5.52. The average Bonchev–Trinajstić information content (AvgIpc) is 2.86. The number of carbonyl (C=O) groups excluding carboxylic acids is 1. The van der Waals surface area contributed by atoms with Gasteiger partial charge in [0.15, 0.2) is 0 Å². The topological polar surface area (TPSA) is 64.3 Å². The molecule has 1 heterocycles. The number of carbonyl (C=O) groups is 1. The average molecular weight is 283 g/mol. The highest BCUT2D eigenvalue weighted by Gasteiger charge is 2.21. The molecule has 0 aromatic heterocycles. The molecule has 2 unspecified atom stereocenters. The molecule has 1 amide bonds. The third-order valence-electron chi connectivity index (χ3n) is 3.39. The van der Waals surface area contributed by atoms with E-state index in [1.807, 2.05) is 19.1 Å².